The topological polar surface area (TPSA) is 49.7 Å². The van der Waals surface area contributed by atoms with E-state index in [-0.39, 0.29) is 12.0 Å². The summed E-state index contributed by atoms with van der Waals surface area (Å²) in [6, 6.07) is 5.62. The zero-order valence-electron chi connectivity index (χ0n) is 16.9. The Balaban J connectivity index is 2.29. The smallest absolute Gasteiger partial charge is 0.192 e. The Morgan fingerprint density at radius 3 is 2.32 bits per heavy atom. The van der Waals surface area contributed by atoms with Gasteiger partial charge in [-0.3, -0.25) is 0 Å². The second-order valence-corrected chi connectivity index (χ2v) is 12.9. The van der Waals surface area contributed by atoms with Crippen molar-refractivity contribution in [3.05, 3.63) is 33.9 Å². The van der Waals surface area contributed by atoms with Gasteiger partial charge in [-0.25, -0.2) is 0 Å². The highest BCUT2D eigenvalue weighted by Gasteiger charge is 2.45. The fourth-order valence-corrected chi connectivity index (χ4v) is 7.28. The highest BCUT2D eigenvalue weighted by molar-refractivity contribution is 6.73. The Morgan fingerprint density at radius 2 is 1.80 bits per heavy atom. The minimum Gasteiger partial charge on any atom is -0.416 e. The van der Waals surface area contributed by atoms with Gasteiger partial charge in [0.1, 0.15) is 0 Å². The number of rotatable bonds is 8. The van der Waals surface area contributed by atoms with Gasteiger partial charge in [-0.2, -0.15) is 0 Å². The number of aliphatic hydroxyl groups excluding tert-OH is 2. The Kier molecular flexibility index (Phi) is 6.53. The lowest BCUT2D eigenvalue weighted by atomic mass is 9.85. The first-order valence-electron chi connectivity index (χ1n) is 9.82. The molecule has 2 atom stereocenters. The van der Waals surface area contributed by atoms with Crippen molar-refractivity contribution in [2.75, 3.05) is 13.2 Å². The third kappa shape index (κ3) is 3.73. The molecule has 25 heavy (non-hydrogen) atoms. The van der Waals surface area contributed by atoms with E-state index in [0.717, 1.165) is 35.7 Å². The summed E-state index contributed by atoms with van der Waals surface area (Å²) in [6.45, 7) is 13.9. The fraction of sp³-hybridized carbons (Fsp3) is 0.714. The maximum Gasteiger partial charge on any atom is 0.192 e. The van der Waals surface area contributed by atoms with Crippen molar-refractivity contribution >= 4 is 8.32 Å². The molecule has 1 aromatic carbocycles. The standard InChI is InChI=1S/C21H36O3Si/c1-7-25(8-2,9-3)24-14-21(6)13-17-12-15(4)18(10-11-22)16(5)19(17)20(21)23/h12,20,22-23H,7-11,13-14H2,1-6H3. The fourth-order valence-electron chi connectivity index (χ4n) is 4.53. The molecule has 1 aliphatic rings. The summed E-state index contributed by atoms with van der Waals surface area (Å²) in [4.78, 5) is 0. The van der Waals surface area contributed by atoms with Crippen LogP contribution in [0.4, 0.5) is 0 Å². The van der Waals surface area contributed by atoms with Crippen molar-refractivity contribution in [2.24, 2.45) is 5.41 Å². The van der Waals surface area contributed by atoms with Crippen molar-refractivity contribution in [1.29, 1.82) is 0 Å². The first kappa shape index (κ1) is 20.6. The van der Waals surface area contributed by atoms with E-state index in [1.165, 1.54) is 16.7 Å². The highest BCUT2D eigenvalue weighted by Crippen LogP contribution is 2.48. The van der Waals surface area contributed by atoms with Gasteiger partial charge in [-0.15, -0.1) is 0 Å². The molecule has 4 heteroatoms. The minimum absolute atomic E-state index is 0.147. The van der Waals surface area contributed by atoms with Crippen LogP contribution >= 0.6 is 0 Å². The minimum atomic E-state index is -1.66. The molecule has 2 unspecified atom stereocenters. The third-order valence-corrected chi connectivity index (χ3v) is 11.2. The second-order valence-electron chi connectivity index (χ2n) is 8.11. The number of hydrogen-bond acceptors (Lipinski definition) is 3. The average Bonchev–Trinajstić information content (AvgIpc) is 2.84. The molecule has 2 rings (SSSR count). The normalized spacial score (nSPS) is 23.1. The molecule has 0 aliphatic heterocycles. The highest BCUT2D eigenvalue weighted by atomic mass is 28.4. The van der Waals surface area contributed by atoms with Crippen LogP contribution in [-0.2, 0) is 17.3 Å². The molecule has 0 aromatic heterocycles. The molecule has 0 bridgehead atoms. The molecule has 2 N–H and O–H groups in total. The van der Waals surface area contributed by atoms with Crippen molar-refractivity contribution in [2.45, 2.75) is 78.6 Å². The van der Waals surface area contributed by atoms with Crippen molar-refractivity contribution < 1.29 is 14.6 Å². The zero-order chi connectivity index (χ0) is 18.8. The zero-order valence-corrected chi connectivity index (χ0v) is 17.9. The summed E-state index contributed by atoms with van der Waals surface area (Å²) in [5, 5.41) is 20.5. The summed E-state index contributed by atoms with van der Waals surface area (Å²) in [7, 11) is -1.66. The molecular formula is C21H36O3Si. The summed E-state index contributed by atoms with van der Waals surface area (Å²) in [5.41, 5.74) is 5.65. The lowest BCUT2D eigenvalue weighted by Crippen LogP contribution is -2.41. The van der Waals surface area contributed by atoms with Crippen LogP contribution in [0.15, 0.2) is 6.07 Å². The van der Waals surface area contributed by atoms with Crippen LogP contribution in [0.5, 0.6) is 0 Å². The molecule has 3 nitrogen and oxygen atoms in total. The van der Waals surface area contributed by atoms with Crippen molar-refractivity contribution in [3.8, 4) is 0 Å². The van der Waals surface area contributed by atoms with Gasteiger partial charge in [-0.05, 0) is 72.6 Å². The lowest BCUT2D eigenvalue weighted by Gasteiger charge is -2.35. The SMILES string of the molecule is CC[Si](CC)(CC)OCC1(C)Cc2cc(C)c(CCO)c(C)c2C1O. The van der Waals surface area contributed by atoms with Crippen LogP contribution in [0.3, 0.4) is 0 Å². The molecule has 0 saturated carbocycles. The average molecular weight is 365 g/mol. The van der Waals surface area contributed by atoms with E-state index in [1.54, 1.807) is 0 Å². The van der Waals surface area contributed by atoms with E-state index >= 15 is 0 Å². The summed E-state index contributed by atoms with van der Waals surface area (Å²) in [5.74, 6) is 0. The molecule has 0 radical (unpaired) electrons. The Morgan fingerprint density at radius 1 is 1.20 bits per heavy atom. The largest absolute Gasteiger partial charge is 0.416 e. The van der Waals surface area contributed by atoms with Gasteiger partial charge in [0.2, 0.25) is 0 Å². The van der Waals surface area contributed by atoms with E-state index in [2.05, 4.69) is 47.6 Å². The molecule has 1 aliphatic carbocycles. The van der Waals surface area contributed by atoms with Gasteiger partial charge in [-0.1, -0.05) is 33.8 Å². The summed E-state index contributed by atoms with van der Waals surface area (Å²) < 4.78 is 6.55. The maximum atomic E-state index is 11.2. The number of benzene rings is 1. The van der Waals surface area contributed by atoms with Crippen LogP contribution in [-0.4, -0.2) is 31.7 Å². The van der Waals surface area contributed by atoms with E-state index in [1.807, 2.05) is 0 Å². The summed E-state index contributed by atoms with van der Waals surface area (Å²) >= 11 is 0. The van der Waals surface area contributed by atoms with E-state index < -0.39 is 14.4 Å². The third-order valence-electron chi connectivity index (χ3n) is 6.60. The van der Waals surface area contributed by atoms with Gasteiger partial charge < -0.3 is 14.6 Å². The Labute approximate surface area is 154 Å². The first-order valence-corrected chi connectivity index (χ1v) is 12.3. The Bertz CT molecular complexity index is 601. The van der Waals surface area contributed by atoms with Crippen LogP contribution in [0.1, 0.15) is 61.6 Å². The number of aryl methyl sites for hydroxylation is 1. The second kappa shape index (κ2) is 7.91. The molecule has 0 fully saturated rings. The number of hydrogen-bond donors (Lipinski definition) is 2. The van der Waals surface area contributed by atoms with Crippen molar-refractivity contribution in [3.63, 3.8) is 0 Å². The van der Waals surface area contributed by atoms with Gasteiger partial charge in [0.25, 0.3) is 0 Å². The quantitative estimate of drug-likeness (QED) is 0.670. The van der Waals surface area contributed by atoms with E-state index in [0.29, 0.717) is 13.0 Å². The predicted molar refractivity (Wildman–Crippen MR) is 107 cm³/mol. The molecule has 0 amide bonds. The molecular weight excluding hydrogens is 328 g/mol. The predicted octanol–water partition coefficient (Wildman–Crippen LogP) is 4.46. The first-order chi connectivity index (χ1) is 11.8. The molecule has 0 spiro atoms. The van der Waals surface area contributed by atoms with Crippen LogP contribution in [0.25, 0.3) is 0 Å². The van der Waals surface area contributed by atoms with E-state index in [4.69, 9.17) is 4.43 Å². The van der Waals surface area contributed by atoms with Crippen LogP contribution < -0.4 is 0 Å². The Hall–Kier alpha value is -0.683. The van der Waals surface area contributed by atoms with Gasteiger partial charge in [0.05, 0.1) is 6.10 Å². The van der Waals surface area contributed by atoms with Crippen molar-refractivity contribution in [1.82, 2.24) is 0 Å². The van der Waals surface area contributed by atoms with Gasteiger partial charge in [0, 0.05) is 18.6 Å². The van der Waals surface area contributed by atoms with Crippen LogP contribution in [0, 0.1) is 19.3 Å². The summed E-state index contributed by atoms with van der Waals surface area (Å²) in [6.07, 6.45) is 1.03. The monoisotopic (exact) mass is 364 g/mol. The molecule has 142 valence electrons. The molecule has 0 saturated heterocycles. The molecule has 1 aromatic rings. The number of fused-ring (bicyclic) bond motifs is 1. The van der Waals surface area contributed by atoms with Gasteiger partial charge in [0.15, 0.2) is 8.32 Å². The lowest BCUT2D eigenvalue weighted by molar-refractivity contribution is 0.0121. The number of aliphatic hydroxyl groups is 2. The van der Waals surface area contributed by atoms with Gasteiger partial charge >= 0.3 is 0 Å². The van der Waals surface area contributed by atoms with E-state index in [9.17, 15) is 10.2 Å². The molecule has 0 heterocycles. The maximum absolute atomic E-state index is 11.2. The van der Waals surface area contributed by atoms with Crippen LogP contribution in [0.2, 0.25) is 18.1 Å².